The van der Waals surface area contributed by atoms with E-state index < -0.39 is 0 Å². The lowest BCUT2D eigenvalue weighted by atomic mass is 9.86. The van der Waals surface area contributed by atoms with Gasteiger partial charge >= 0.3 is 0 Å². The van der Waals surface area contributed by atoms with Gasteiger partial charge in [-0.15, -0.1) is 6.58 Å². The molecule has 1 aromatic heterocycles. The summed E-state index contributed by atoms with van der Waals surface area (Å²) in [5.74, 6) is 0.996. The Labute approximate surface area is 97.5 Å². The maximum absolute atomic E-state index is 5.36. The molecular weight excluding hydrogens is 202 g/mol. The Kier molecular flexibility index (Phi) is 5.29. The van der Waals surface area contributed by atoms with E-state index in [0.717, 1.165) is 31.9 Å². The molecule has 1 unspecified atom stereocenters. The number of nitrogens with one attached hydrogen (secondary N) is 1. The smallest absolute Gasteiger partial charge is 0.104 e. The Balaban J connectivity index is 2.40. The summed E-state index contributed by atoms with van der Waals surface area (Å²) in [6, 6.07) is 3.91. The van der Waals surface area contributed by atoms with Crippen LogP contribution in [0.1, 0.15) is 12.7 Å². The molecule has 1 rings (SSSR count). The molecule has 0 radical (unpaired) electrons. The normalized spacial score (nSPS) is 14.6. The molecular formula is C13H21NO2. The summed E-state index contributed by atoms with van der Waals surface area (Å²) in [4.78, 5) is 0. The molecule has 3 nitrogen and oxygen atoms in total. The molecule has 0 aliphatic heterocycles. The van der Waals surface area contributed by atoms with Crippen molar-refractivity contribution >= 4 is 0 Å². The third-order valence-electron chi connectivity index (χ3n) is 2.66. The first-order chi connectivity index (χ1) is 7.70. The van der Waals surface area contributed by atoms with Gasteiger partial charge in [0.2, 0.25) is 0 Å². The number of rotatable bonds is 8. The van der Waals surface area contributed by atoms with E-state index >= 15 is 0 Å². The van der Waals surface area contributed by atoms with Crippen molar-refractivity contribution in [1.82, 2.24) is 5.32 Å². The molecule has 0 saturated carbocycles. The maximum Gasteiger partial charge on any atom is 0.104 e. The highest BCUT2D eigenvalue weighted by molar-refractivity contribution is 5.06. The van der Waals surface area contributed by atoms with Crippen molar-refractivity contribution in [3.63, 3.8) is 0 Å². The molecule has 0 amide bonds. The molecule has 1 heterocycles. The van der Waals surface area contributed by atoms with Gasteiger partial charge < -0.3 is 14.5 Å². The molecule has 0 fully saturated rings. The van der Waals surface area contributed by atoms with Crippen molar-refractivity contribution in [2.24, 2.45) is 5.41 Å². The van der Waals surface area contributed by atoms with Crippen LogP contribution in [0.5, 0.6) is 0 Å². The average molecular weight is 223 g/mol. The summed E-state index contributed by atoms with van der Waals surface area (Å²) >= 11 is 0. The van der Waals surface area contributed by atoms with Crippen molar-refractivity contribution in [2.45, 2.75) is 13.3 Å². The Morgan fingerprint density at radius 2 is 2.44 bits per heavy atom. The third kappa shape index (κ3) is 4.21. The molecule has 90 valence electrons. The molecule has 16 heavy (non-hydrogen) atoms. The lowest BCUT2D eigenvalue weighted by molar-refractivity contribution is 0.195. The summed E-state index contributed by atoms with van der Waals surface area (Å²) in [6.07, 6.45) is 4.55. The molecule has 0 saturated heterocycles. The van der Waals surface area contributed by atoms with Gasteiger partial charge in [-0.1, -0.05) is 13.0 Å². The van der Waals surface area contributed by atoms with Crippen LogP contribution in [0, 0.1) is 5.41 Å². The summed E-state index contributed by atoms with van der Waals surface area (Å²) in [7, 11) is 1.71. The number of methoxy groups -OCH3 is 1. The van der Waals surface area contributed by atoms with E-state index in [2.05, 4.69) is 18.8 Å². The number of ether oxygens (including phenoxy) is 1. The molecule has 0 aliphatic carbocycles. The molecule has 1 N–H and O–H groups in total. The van der Waals surface area contributed by atoms with E-state index in [-0.39, 0.29) is 5.41 Å². The number of hydrogen-bond donors (Lipinski definition) is 1. The summed E-state index contributed by atoms with van der Waals surface area (Å²) in [5, 5.41) is 3.35. The van der Waals surface area contributed by atoms with Crippen molar-refractivity contribution in [2.75, 3.05) is 26.8 Å². The van der Waals surface area contributed by atoms with Gasteiger partial charge in [0.25, 0.3) is 0 Å². The van der Waals surface area contributed by atoms with E-state index in [9.17, 15) is 0 Å². The highest BCUT2D eigenvalue weighted by Gasteiger charge is 2.21. The molecule has 1 atom stereocenters. The van der Waals surface area contributed by atoms with Gasteiger partial charge in [-0.05, 0) is 12.1 Å². The standard InChI is InChI=1S/C13H21NO2/c1-4-13(2,11-14-7-9-15-3)10-12-6-5-8-16-12/h4-6,8,14H,1,7,9-11H2,2-3H3. The van der Waals surface area contributed by atoms with Crippen molar-refractivity contribution in [3.05, 3.63) is 36.8 Å². The van der Waals surface area contributed by atoms with E-state index in [0.29, 0.717) is 0 Å². The van der Waals surface area contributed by atoms with Crippen molar-refractivity contribution in [1.29, 1.82) is 0 Å². The summed E-state index contributed by atoms with van der Waals surface area (Å²) in [6.45, 7) is 8.53. The van der Waals surface area contributed by atoms with Gasteiger partial charge in [0.1, 0.15) is 5.76 Å². The van der Waals surface area contributed by atoms with Crippen LogP contribution in [0.2, 0.25) is 0 Å². The fourth-order valence-corrected chi connectivity index (χ4v) is 1.57. The van der Waals surface area contributed by atoms with Gasteiger partial charge in [0.15, 0.2) is 0 Å². The first-order valence-corrected chi connectivity index (χ1v) is 5.56. The largest absolute Gasteiger partial charge is 0.469 e. The molecule has 0 spiro atoms. The molecule has 1 aromatic rings. The highest BCUT2D eigenvalue weighted by Crippen LogP contribution is 2.23. The van der Waals surface area contributed by atoms with Crippen LogP contribution < -0.4 is 5.32 Å². The van der Waals surface area contributed by atoms with Gasteiger partial charge in [0, 0.05) is 32.0 Å². The molecule has 0 bridgehead atoms. The molecule has 3 heteroatoms. The molecule has 0 aromatic carbocycles. The topological polar surface area (TPSA) is 34.4 Å². The first-order valence-electron chi connectivity index (χ1n) is 5.56. The monoisotopic (exact) mass is 223 g/mol. The minimum Gasteiger partial charge on any atom is -0.469 e. The van der Waals surface area contributed by atoms with Crippen LogP contribution in [-0.2, 0) is 11.2 Å². The van der Waals surface area contributed by atoms with Crippen LogP contribution in [-0.4, -0.2) is 26.8 Å². The zero-order valence-corrected chi connectivity index (χ0v) is 10.2. The lowest BCUT2D eigenvalue weighted by Gasteiger charge is -2.25. The summed E-state index contributed by atoms with van der Waals surface area (Å²) < 4.78 is 10.3. The zero-order chi connectivity index (χ0) is 11.9. The van der Waals surface area contributed by atoms with Crippen LogP contribution >= 0.6 is 0 Å². The second kappa shape index (κ2) is 6.51. The fourth-order valence-electron chi connectivity index (χ4n) is 1.57. The van der Waals surface area contributed by atoms with E-state index in [1.54, 1.807) is 13.4 Å². The predicted octanol–water partition coefficient (Wildman–Crippen LogP) is 2.25. The SMILES string of the molecule is C=CC(C)(CNCCOC)Cc1ccco1. The Morgan fingerprint density at radius 1 is 1.62 bits per heavy atom. The first kappa shape index (κ1) is 13.0. The predicted molar refractivity (Wildman–Crippen MR) is 65.5 cm³/mol. The van der Waals surface area contributed by atoms with Crippen LogP contribution in [0.15, 0.2) is 35.5 Å². The van der Waals surface area contributed by atoms with E-state index in [4.69, 9.17) is 9.15 Å². The van der Waals surface area contributed by atoms with Crippen molar-refractivity contribution in [3.8, 4) is 0 Å². The van der Waals surface area contributed by atoms with Crippen LogP contribution in [0.4, 0.5) is 0 Å². The zero-order valence-electron chi connectivity index (χ0n) is 10.2. The fraction of sp³-hybridized carbons (Fsp3) is 0.538. The Hall–Kier alpha value is -1.06. The number of furan rings is 1. The lowest BCUT2D eigenvalue weighted by Crippen LogP contribution is -2.33. The highest BCUT2D eigenvalue weighted by atomic mass is 16.5. The second-order valence-corrected chi connectivity index (χ2v) is 4.28. The third-order valence-corrected chi connectivity index (χ3v) is 2.66. The van der Waals surface area contributed by atoms with E-state index in [1.165, 1.54) is 0 Å². The minimum atomic E-state index is 0.0194. The van der Waals surface area contributed by atoms with Crippen LogP contribution in [0.25, 0.3) is 0 Å². The quantitative estimate of drug-likeness (QED) is 0.542. The second-order valence-electron chi connectivity index (χ2n) is 4.28. The number of hydrogen-bond acceptors (Lipinski definition) is 3. The average Bonchev–Trinajstić information content (AvgIpc) is 2.77. The van der Waals surface area contributed by atoms with Crippen LogP contribution in [0.3, 0.4) is 0 Å². The van der Waals surface area contributed by atoms with Gasteiger partial charge in [0.05, 0.1) is 12.9 Å². The minimum absolute atomic E-state index is 0.0194. The van der Waals surface area contributed by atoms with Gasteiger partial charge in [-0.2, -0.15) is 0 Å². The Bertz CT molecular complexity index is 295. The molecule has 0 aliphatic rings. The summed E-state index contributed by atoms with van der Waals surface area (Å²) in [5.41, 5.74) is 0.0194. The van der Waals surface area contributed by atoms with Gasteiger partial charge in [-0.3, -0.25) is 0 Å². The van der Waals surface area contributed by atoms with Gasteiger partial charge in [-0.25, -0.2) is 0 Å². The Morgan fingerprint density at radius 3 is 3.00 bits per heavy atom. The maximum atomic E-state index is 5.36. The van der Waals surface area contributed by atoms with Crippen molar-refractivity contribution < 1.29 is 9.15 Å². The van der Waals surface area contributed by atoms with E-state index in [1.807, 2.05) is 18.2 Å².